The highest BCUT2D eigenvalue weighted by atomic mass is 19.1. The van der Waals surface area contributed by atoms with Crippen molar-refractivity contribution in [1.29, 1.82) is 0 Å². The van der Waals surface area contributed by atoms with E-state index in [0.717, 1.165) is 5.56 Å². The monoisotopic (exact) mass is 167 g/mol. The van der Waals surface area contributed by atoms with Crippen molar-refractivity contribution in [3.05, 3.63) is 29.6 Å². The number of rotatable bonds is 1. The van der Waals surface area contributed by atoms with E-state index in [0.29, 0.717) is 5.69 Å². The molecule has 1 amide bonds. The summed E-state index contributed by atoms with van der Waals surface area (Å²) < 4.78 is 12.6. The Bertz CT molecular complexity index is 309. The number of amides is 1. The van der Waals surface area contributed by atoms with Crippen molar-refractivity contribution in [2.24, 2.45) is 0 Å². The summed E-state index contributed by atoms with van der Waals surface area (Å²) in [5, 5.41) is 2.59. The molecular formula is C9H10FNO. The van der Waals surface area contributed by atoms with E-state index in [9.17, 15) is 9.18 Å². The molecule has 0 aliphatic heterocycles. The molecule has 1 rings (SSSR count). The zero-order valence-electron chi connectivity index (χ0n) is 7.02. The van der Waals surface area contributed by atoms with Gasteiger partial charge in [0.05, 0.1) is 0 Å². The van der Waals surface area contributed by atoms with Gasteiger partial charge in [-0.15, -0.1) is 0 Å². The second kappa shape index (κ2) is 3.34. The minimum Gasteiger partial charge on any atom is -0.326 e. The normalized spacial score (nSPS) is 9.58. The smallest absolute Gasteiger partial charge is 0.221 e. The molecule has 0 heterocycles. The number of aryl methyl sites for hydroxylation is 1. The van der Waals surface area contributed by atoms with Crippen LogP contribution in [0.5, 0.6) is 0 Å². The Morgan fingerprint density at radius 2 is 2.17 bits per heavy atom. The molecule has 0 bridgehead atoms. The molecule has 64 valence electrons. The number of carbonyl (C=O) groups excluding carboxylic acids is 1. The zero-order valence-corrected chi connectivity index (χ0v) is 7.02. The molecule has 0 saturated heterocycles. The first-order valence-corrected chi connectivity index (χ1v) is 3.63. The molecule has 0 spiro atoms. The number of benzene rings is 1. The number of carbonyl (C=O) groups is 1. The lowest BCUT2D eigenvalue weighted by atomic mass is 10.2. The van der Waals surface area contributed by atoms with Crippen molar-refractivity contribution >= 4 is 11.6 Å². The van der Waals surface area contributed by atoms with Crippen LogP contribution in [0.1, 0.15) is 12.5 Å². The maximum Gasteiger partial charge on any atom is 0.221 e. The van der Waals surface area contributed by atoms with Gasteiger partial charge in [-0.05, 0) is 30.7 Å². The summed E-state index contributed by atoms with van der Waals surface area (Å²) in [4.78, 5) is 10.6. The Kier molecular flexibility index (Phi) is 2.43. The lowest BCUT2D eigenvalue weighted by molar-refractivity contribution is -0.114. The fourth-order valence-corrected chi connectivity index (χ4v) is 0.957. The molecular weight excluding hydrogens is 157 g/mol. The van der Waals surface area contributed by atoms with Crippen LogP contribution in [0, 0.1) is 12.7 Å². The molecule has 0 aliphatic rings. The first-order chi connectivity index (χ1) is 5.59. The van der Waals surface area contributed by atoms with Gasteiger partial charge < -0.3 is 5.32 Å². The Morgan fingerprint density at radius 1 is 1.50 bits per heavy atom. The van der Waals surface area contributed by atoms with Gasteiger partial charge >= 0.3 is 0 Å². The first kappa shape index (κ1) is 8.71. The van der Waals surface area contributed by atoms with Gasteiger partial charge in [-0.3, -0.25) is 4.79 Å². The molecule has 0 atom stereocenters. The summed E-state index contributed by atoms with van der Waals surface area (Å²) in [6.45, 7) is 3.16. The van der Waals surface area contributed by atoms with Gasteiger partial charge in [0.15, 0.2) is 0 Å². The van der Waals surface area contributed by atoms with Crippen LogP contribution >= 0.6 is 0 Å². The van der Waals surface area contributed by atoms with Gasteiger partial charge in [-0.25, -0.2) is 4.39 Å². The molecule has 0 saturated carbocycles. The van der Waals surface area contributed by atoms with Crippen LogP contribution in [-0.2, 0) is 4.79 Å². The summed E-state index contributed by atoms with van der Waals surface area (Å²) in [7, 11) is 0. The van der Waals surface area contributed by atoms with Crippen LogP contribution in [0.4, 0.5) is 10.1 Å². The average Bonchev–Trinajstić information content (AvgIpc) is 1.94. The molecule has 0 fully saturated rings. The highest BCUT2D eigenvalue weighted by molar-refractivity contribution is 5.89. The highest BCUT2D eigenvalue weighted by Crippen LogP contribution is 2.14. The van der Waals surface area contributed by atoms with Gasteiger partial charge in [0, 0.05) is 12.6 Å². The third-order valence-electron chi connectivity index (χ3n) is 1.50. The van der Waals surface area contributed by atoms with E-state index in [1.807, 2.05) is 0 Å². The number of anilines is 1. The molecule has 0 aromatic heterocycles. The largest absolute Gasteiger partial charge is 0.326 e. The van der Waals surface area contributed by atoms with E-state index in [1.165, 1.54) is 19.1 Å². The molecule has 2 nitrogen and oxygen atoms in total. The van der Waals surface area contributed by atoms with Crippen LogP contribution in [-0.4, -0.2) is 5.91 Å². The predicted molar refractivity (Wildman–Crippen MR) is 45.4 cm³/mol. The number of nitrogens with one attached hydrogen (secondary N) is 1. The van der Waals surface area contributed by atoms with Crippen molar-refractivity contribution in [3.8, 4) is 0 Å². The van der Waals surface area contributed by atoms with Gasteiger partial charge in [0.2, 0.25) is 5.91 Å². The second-order valence-electron chi connectivity index (χ2n) is 2.64. The lowest BCUT2D eigenvalue weighted by Crippen LogP contribution is -2.06. The van der Waals surface area contributed by atoms with Crippen LogP contribution < -0.4 is 5.32 Å². The fourth-order valence-electron chi connectivity index (χ4n) is 0.957. The zero-order chi connectivity index (χ0) is 9.14. The molecule has 1 aromatic carbocycles. The molecule has 0 radical (unpaired) electrons. The van der Waals surface area contributed by atoms with Gasteiger partial charge in [0.25, 0.3) is 0 Å². The molecule has 1 aromatic rings. The minimum absolute atomic E-state index is 0.148. The minimum atomic E-state index is -0.290. The number of halogens is 1. The SMILES string of the molecule is CC(=O)Nc1ccc(F)cc1C. The van der Waals surface area contributed by atoms with Gasteiger partial charge in [-0.2, -0.15) is 0 Å². The van der Waals surface area contributed by atoms with E-state index in [1.54, 1.807) is 13.0 Å². The Labute approximate surface area is 70.4 Å². The number of hydrogen-bond acceptors (Lipinski definition) is 1. The molecule has 12 heavy (non-hydrogen) atoms. The summed E-state index contributed by atoms with van der Waals surface area (Å²) in [5.41, 5.74) is 1.38. The van der Waals surface area contributed by atoms with E-state index < -0.39 is 0 Å². The predicted octanol–water partition coefficient (Wildman–Crippen LogP) is 2.09. The van der Waals surface area contributed by atoms with Crippen molar-refractivity contribution in [2.75, 3.05) is 5.32 Å². The Balaban J connectivity index is 2.93. The van der Waals surface area contributed by atoms with Gasteiger partial charge in [-0.1, -0.05) is 0 Å². The van der Waals surface area contributed by atoms with Crippen LogP contribution in [0.2, 0.25) is 0 Å². The van der Waals surface area contributed by atoms with E-state index >= 15 is 0 Å². The summed E-state index contributed by atoms with van der Waals surface area (Å²) in [5.74, 6) is -0.439. The quantitative estimate of drug-likeness (QED) is 0.681. The van der Waals surface area contributed by atoms with Crippen LogP contribution in [0.3, 0.4) is 0 Å². The Morgan fingerprint density at radius 3 is 2.67 bits per heavy atom. The molecule has 0 aliphatic carbocycles. The fraction of sp³-hybridized carbons (Fsp3) is 0.222. The average molecular weight is 167 g/mol. The third-order valence-corrected chi connectivity index (χ3v) is 1.50. The maximum atomic E-state index is 12.6. The van der Waals surface area contributed by atoms with E-state index in [-0.39, 0.29) is 11.7 Å². The second-order valence-corrected chi connectivity index (χ2v) is 2.64. The van der Waals surface area contributed by atoms with Crippen molar-refractivity contribution < 1.29 is 9.18 Å². The van der Waals surface area contributed by atoms with Gasteiger partial charge in [0.1, 0.15) is 5.82 Å². The summed E-state index contributed by atoms with van der Waals surface area (Å²) in [6, 6.07) is 4.25. The number of hydrogen-bond donors (Lipinski definition) is 1. The van der Waals surface area contributed by atoms with Crippen molar-refractivity contribution in [2.45, 2.75) is 13.8 Å². The molecule has 3 heteroatoms. The third kappa shape index (κ3) is 2.05. The standard InChI is InChI=1S/C9H10FNO/c1-6-5-8(10)3-4-9(6)11-7(2)12/h3-5H,1-2H3,(H,11,12). The van der Waals surface area contributed by atoms with Crippen molar-refractivity contribution in [1.82, 2.24) is 0 Å². The Hall–Kier alpha value is -1.38. The van der Waals surface area contributed by atoms with E-state index in [4.69, 9.17) is 0 Å². The summed E-state index contributed by atoms with van der Waals surface area (Å²) >= 11 is 0. The highest BCUT2D eigenvalue weighted by Gasteiger charge is 2.00. The summed E-state index contributed by atoms with van der Waals surface area (Å²) in [6.07, 6.45) is 0. The molecule has 0 unspecified atom stereocenters. The lowest BCUT2D eigenvalue weighted by Gasteiger charge is -2.04. The maximum absolute atomic E-state index is 12.6. The molecule has 1 N–H and O–H groups in total. The van der Waals surface area contributed by atoms with Crippen LogP contribution in [0.25, 0.3) is 0 Å². The first-order valence-electron chi connectivity index (χ1n) is 3.63. The van der Waals surface area contributed by atoms with E-state index in [2.05, 4.69) is 5.32 Å². The van der Waals surface area contributed by atoms with Crippen LogP contribution in [0.15, 0.2) is 18.2 Å². The topological polar surface area (TPSA) is 29.1 Å². The van der Waals surface area contributed by atoms with Crippen molar-refractivity contribution in [3.63, 3.8) is 0 Å².